The normalized spacial score (nSPS) is 13.9. The van der Waals surface area contributed by atoms with E-state index < -0.39 is 25.8 Å². The van der Waals surface area contributed by atoms with E-state index in [1.807, 2.05) is 6.56 Å². The van der Waals surface area contributed by atoms with Gasteiger partial charge >= 0.3 is 200 Å². The van der Waals surface area contributed by atoms with E-state index in [0.717, 1.165) is 12.8 Å². The van der Waals surface area contributed by atoms with Gasteiger partial charge in [-0.1, -0.05) is 0 Å². The molecule has 0 saturated heterocycles. The van der Waals surface area contributed by atoms with E-state index in [9.17, 15) is 0 Å². The number of halogens is 2. The molecule has 4 aromatic carbocycles. The van der Waals surface area contributed by atoms with Gasteiger partial charge in [-0.3, -0.25) is 0 Å². The van der Waals surface area contributed by atoms with Crippen LogP contribution in [0.15, 0.2) is 83.9 Å². The molecule has 2 aliphatic carbocycles. The summed E-state index contributed by atoms with van der Waals surface area (Å²) >= 11 is -2.13. The molecule has 0 bridgehead atoms. The molecule has 0 aromatic heterocycles. The third kappa shape index (κ3) is 3.92. The van der Waals surface area contributed by atoms with Crippen LogP contribution in [0.5, 0.6) is 0 Å². The van der Waals surface area contributed by atoms with E-state index >= 15 is 0 Å². The molecule has 6 rings (SSSR count). The smallest absolute Gasteiger partial charge is 1.00 e. The Morgan fingerprint density at radius 2 is 1.00 bits per heavy atom. The first kappa shape index (κ1) is 25.6. The fraction of sp³-hybridized carbons (Fsp3) is 0.200. The first-order chi connectivity index (χ1) is 15.5. The Hall–Kier alpha value is -1.44. The van der Waals surface area contributed by atoms with Gasteiger partial charge in [0.05, 0.1) is 0 Å². The number of allylic oxidation sites excluding steroid dienone is 2. The Labute approximate surface area is 223 Å². The van der Waals surface area contributed by atoms with E-state index in [-0.39, 0.29) is 24.8 Å². The van der Waals surface area contributed by atoms with Crippen molar-refractivity contribution < 1.29 is 45.2 Å². The van der Waals surface area contributed by atoms with Crippen LogP contribution in [0.1, 0.15) is 36.1 Å². The molecule has 170 valence electrons. The number of benzene rings is 4. The molecule has 0 nitrogen and oxygen atoms in total. The summed E-state index contributed by atoms with van der Waals surface area (Å²) in [7, 11) is 0. The van der Waals surface area contributed by atoms with Crippen LogP contribution in [0.2, 0.25) is 13.1 Å². The first-order valence-corrected chi connectivity index (χ1v) is 20.3. The maximum absolute atomic E-state index is 2.60. The van der Waals surface area contributed by atoms with Crippen molar-refractivity contribution >= 4 is 33.5 Å². The molecular weight excluding hydrogens is 551 g/mol. The second-order valence-corrected chi connectivity index (χ2v) is 26.3. The van der Waals surface area contributed by atoms with Crippen LogP contribution >= 0.6 is 0 Å². The van der Waals surface area contributed by atoms with Gasteiger partial charge in [-0.2, -0.15) is 0 Å². The van der Waals surface area contributed by atoms with Gasteiger partial charge in [0.15, 0.2) is 0 Å². The van der Waals surface area contributed by atoms with Gasteiger partial charge in [-0.05, 0) is 0 Å². The van der Waals surface area contributed by atoms with E-state index in [0.29, 0.717) is 0 Å². The van der Waals surface area contributed by atoms with E-state index in [1.54, 1.807) is 33.4 Å². The van der Waals surface area contributed by atoms with Crippen LogP contribution in [-0.2, 0) is 33.2 Å². The summed E-state index contributed by atoms with van der Waals surface area (Å²) in [6, 6.07) is 27.6. The first-order valence-electron chi connectivity index (χ1n) is 11.6. The summed E-state index contributed by atoms with van der Waals surface area (Å²) in [5.41, 5.74) is 9.24. The molecule has 0 saturated carbocycles. The Balaban J connectivity index is 0.00000137. The molecule has 0 amide bonds. The van der Waals surface area contributed by atoms with Gasteiger partial charge < -0.3 is 24.8 Å². The molecule has 0 N–H and O–H groups in total. The molecule has 4 heteroatoms. The van der Waals surface area contributed by atoms with Crippen molar-refractivity contribution in [2.75, 3.05) is 0 Å². The molecule has 2 aliphatic rings. The number of hydrogen-bond acceptors (Lipinski definition) is 0. The van der Waals surface area contributed by atoms with Crippen molar-refractivity contribution in [2.45, 2.75) is 39.8 Å². The van der Waals surface area contributed by atoms with Gasteiger partial charge in [-0.15, -0.1) is 0 Å². The zero-order chi connectivity index (χ0) is 22.0. The van der Waals surface area contributed by atoms with Crippen molar-refractivity contribution in [1.82, 2.24) is 0 Å². The number of hydrogen-bond donors (Lipinski definition) is 0. The fourth-order valence-corrected chi connectivity index (χ4v) is 24.2. The topological polar surface area (TPSA) is 0 Å². The van der Waals surface area contributed by atoms with Crippen molar-refractivity contribution in [3.05, 3.63) is 106 Å². The minimum Gasteiger partial charge on any atom is -1.00 e. The second kappa shape index (κ2) is 9.90. The average molecular weight is 579 g/mol. The van der Waals surface area contributed by atoms with Crippen LogP contribution in [0.4, 0.5) is 0 Å². The Morgan fingerprint density at radius 3 is 1.41 bits per heavy atom. The van der Waals surface area contributed by atoms with Gasteiger partial charge in [0.2, 0.25) is 0 Å². The number of rotatable bonds is 2. The molecule has 0 radical (unpaired) electrons. The minimum atomic E-state index is -2.13. The standard InChI is InChI=1S/2C14H11.C2H6Si.2ClH.Zr/c2*1-10-8-12-7-6-11-4-2-3-5-13(11)14(12)9-10;1-3-2;;;/h2*2-7H,8H2,1H3;1-2H3;2*1H;/q;;;;;+2/p-2. The van der Waals surface area contributed by atoms with E-state index in [1.165, 1.54) is 21.5 Å². The van der Waals surface area contributed by atoms with Crippen LogP contribution in [0, 0.1) is 0 Å². The molecule has 0 unspecified atom stereocenters. The SMILES string of the molecule is CC1=[C]([Zr+2]([C]2=C(C)Cc3ccc4ccccc4c32)=[Si](C)C)c2c(ccc3ccccc23)C1.[Cl-].[Cl-]. The Bertz CT molecular complexity index is 1440. The average Bonchev–Trinajstić information content (AvgIpc) is 3.31. The van der Waals surface area contributed by atoms with E-state index in [2.05, 4.69) is 99.7 Å². The predicted octanol–water partition coefficient (Wildman–Crippen LogP) is 2.14. The summed E-state index contributed by atoms with van der Waals surface area (Å²) in [6.45, 7) is 10.1. The Kier molecular flexibility index (Phi) is 7.47. The fourth-order valence-electron chi connectivity index (χ4n) is 6.00. The quantitative estimate of drug-likeness (QED) is 0.320. The Morgan fingerprint density at radius 1 is 0.588 bits per heavy atom. The minimum absolute atomic E-state index is 0. The van der Waals surface area contributed by atoms with Crippen molar-refractivity contribution in [3.63, 3.8) is 0 Å². The molecule has 0 fully saturated rings. The summed E-state index contributed by atoms with van der Waals surface area (Å²) in [4.78, 5) is 0. The molecule has 0 atom stereocenters. The molecule has 34 heavy (non-hydrogen) atoms. The molecule has 0 aliphatic heterocycles. The van der Waals surface area contributed by atoms with Crippen LogP contribution < -0.4 is 24.8 Å². The maximum Gasteiger partial charge on any atom is -1.00 e. The summed E-state index contributed by atoms with van der Waals surface area (Å²) in [5.74, 6) is 0. The zero-order valence-corrected chi connectivity index (χ0v) is 25.1. The zero-order valence-electron chi connectivity index (χ0n) is 20.1. The third-order valence-corrected chi connectivity index (χ3v) is 24.4. The summed E-state index contributed by atoms with van der Waals surface area (Å²) < 4.78 is 3.65. The molecular formula is C30H28Cl2SiZr. The van der Waals surface area contributed by atoms with Crippen LogP contribution in [0.3, 0.4) is 0 Å². The maximum atomic E-state index is 2.60. The van der Waals surface area contributed by atoms with Gasteiger partial charge in [0.25, 0.3) is 0 Å². The predicted molar refractivity (Wildman–Crippen MR) is 138 cm³/mol. The van der Waals surface area contributed by atoms with Gasteiger partial charge in [-0.25, -0.2) is 0 Å². The largest absolute Gasteiger partial charge is 1.00 e. The van der Waals surface area contributed by atoms with Crippen molar-refractivity contribution in [2.24, 2.45) is 0 Å². The summed E-state index contributed by atoms with van der Waals surface area (Å²) in [6.07, 6.45) is 2.28. The molecule has 4 aromatic rings. The molecule has 0 heterocycles. The third-order valence-electron chi connectivity index (χ3n) is 7.30. The number of fused-ring (bicyclic) bond motifs is 6. The van der Waals surface area contributed by atoms with Crippen molar-refractivity contribution in [3.8, 4) is 0 Å². The van der Waals surface area contributed by atoms with Crippen LogP contribution in [-0.4, -0.2) is 5.43 Å². The van der Waals surface area contributed by atoms with Gasteiger partial charge in [0, 0.05) is 0 Å². The molecule has 0 spiro atoms. The summed E-state index contributed by atoms with van der Waals surface area (Å²) in [5, 5.41) is 5.75. The van der Waals surface area contributed by atoms with Gasteiger partial charge in [0.1, 0.15) is 0 Å². The monoisotopic (exact) mass is 576 g/mol. The van der Waals surface area contributed by atoms with Crippen molar-refractivity contribution in [1.29, 1.82) is 0 Å². The van der Waals surface area contributed by atoms with Crippen LogP contribution in [0.25, 0.3) is 28.1 Å². The van der Waals surface area contributed by atoms with E-state index in [4.69, 9.17) is 0 Å². The second-order valence-electron chi connectivity index (χ2n) is 9.68.